The number of Topliss-reactive ketones (excluding diaryl/α,β-unsaturated/α-hetero) is 1. The lowest BCUT2D eigenvalue weighted by atomic mass is 10.00. The summed E-state index contributed by atoms with van der Waals surface area (Å²) < 4.78 is 1.85. The largest absolute Gasteiger partial charge is 0.384 e. The smallest absolute Gasteiger partial charge is 0.178 e. The molecule has 0 fully saturated rings. The predicted molar refractivity (Wildman–Crippen MR) is 113 cm³/mol. The molecule has 29 heavy (non-hydrogen) atoms. The van der Waals surface area contributed by atoms with Crippen molar-refractivity contribution in [2.24, 2.45) is 0 Å². The van der Waals surface area contributed by atoms with Gasteiger partial charge in [0, 0.05) is 19.0 Å². The van der Waals surface area contributed by atoms with Crippen molar-refractivity contribution in [3.63, 3.8) is 0 Å². The third-order valence-corrected chi connectivity index (χ3v) is 4.82. The van der Waals surface area contributed by atoms with Gasteiger partial charge in [0.2, 0.25) is 0 Å². The summed E-state index contributed by atoms with van der Waals surface area (Å²) in [5, 5.41) is 19.9. The number of nitrogens with zero attached hydrogens (tertiary/aromatic N) is 3. The Bertz CT molecular complexity index is 1080. The maximum atomic E-state index is 12.5. The highest BCUT2D eigenvalue weighted by molar-refractivity contribution is 5.94. The lowest BCUT2D eigenvalue weighted by Crippen LogP contribution is -2.20. The first-order valence-corrected chi connectivity index (χ1v) is 9.73. The molecule has 1 heterocycles. The molecule has 1 aromatic heterocycles. The van der Waals surface area contributed by atoms with Crippen molar-refractivity contribution in [1.82, 2.24) is 9.55 Å². The predicted octanol–water partition coefficient (Wildman–Crippen LogP) is 4.79. The number of carbonyl (C=O) groups excluding carboxylic acids is 1. The van der Waals surface area contributed by atoms with Gasteiger partial charge in [-0.2, -0.15) is 5.26 Å². The van der Waals surface area contributed by atoms with Crippen LogP contribution in [0.15, 0.2) is 48.5 Å². The highest BCUT2D eigenvalue weighted by Crippen LogP contribution is 2.30. The molecule has 3 rings (SSSR count). The van der Waals surface area contributed by atoms with Crippen molar-refractivity contribution < 1.29 is 9.90 Å². The topological polar surface area (TPSA) is 78.9 Å². The molecule has 0 amide bonds. The molecule has 5 nitrogen and oxygen atoms in total. The van der Waals surface area contributed by atoms with Crippen molar-refractivity contribution in [1.29, 1.82) is 5.26 Å². The molecule has 1 N–H and O–H groups in total. The van der Waals surface area contributed by atoms with Crippen LogP contribution in [0.2, 0.25) is 0 Å². The van der Waals surface area contributed by atoms with E-state index >= 15 is 0 Å². The lowest BCUT2D eigenvalue weighted by Gasteiger charge is -2.17. The average Bonchev–Trinajstić information content (AvgIpc) is 3.08. The van der Waals surface area contributed by atoms with Gasteiger partial charge >= 0.3 is 0 Å². The van der Waals surface area contributed by atoms with E-state index in [4.69, 9.17) is 0 Å². The molecule has 0 saturated carbocycles. The molecular weight excluding hydrogens is 362 g/mol. The molecule has 0 aliphatic carbocycles. The zero-order valence-electron chi connectivity index (χ0n) is 17.2. The van der Waals surface area contributed by atoms with Crippen LogP contribution in [0.3, 0.4) is 0 Å². The number of ketones is 1. The van der Waals surface area contributed by atoms with E-state index in [1.165, 1.54) is 6.92 Å². The number of aliphatic hydroxyl groups is 1. The Hall–Kier alpha value is -3.23. The Morgan fingerprint density at radius 3 is 2.38 bits per heavy atom. The Morgan fingerprint density at radius 2 is 1.83 bits per heavy atom. The number of hydrogen-bond acceptors (Lipinski definition) is 4. The van der Waals surface area contributed by atoms with Crippen molar-refractivity contribution in [2.75, 3.05) is 0 Å². The number of imidazole rings is 1. The fourth-order valence-electron chi connectivity index (χ4n) is 3.51. The second-order valence-electron chi connectivity index (χ2n) is 7.63. The number of aromatic nitrogens is 2. The highest BCUT2D eigenvalue weighted by Gasteiger charge is 2.30. The van der Waals surface area contributed by atoms with Crippen LogP contribution in [-0.2, 0) is 12.0 Å². The SMILES string of the molecule is CCCc1nc(C(C)(C)O)c(C(C)=O)n1-c1ccc(-c2ccccc2C#N)cc1. The molecule has 0 unspecified atom stereocenters. The summed E-state index contributed by atoms with van der Waals surface area (Å²) in [6, 6.07) is 17.4. The Balaban J connectivity index is 2.17. The summed E-state index contributed by atoms with van der Waals surface area (Å²) in [7, 11) is 0. The lowest BCUT2D eigenvalue weighted by molar-refractivity contribution is 0.0714. The molecule has 0 radical (unpaired) electrons. The average molecular weight is 387 g/mol. The van der Waals surface area contributed by atoms with E-state index in [1.807, 2.05) is 47.0 Å². The Morgan fingerprint density at radius 1 is 1.17 bits per heavy atom. The first-order chi connectivity index (χ1) is 13.8. The van der Waals surface area contributed by atoms with E-state index in [0.717, 1.165) is 29.1 Å². The van der Waals surface area contributed by atoms with Crippen molar-refractivity contribution >= 4 is 5.78 Å². The number of carbonyl (C=O) groups is 1. The monoisotopic (exact) mass is 387 g/mol. The molecule has 0 atom stereocenters. The minimum Gasteiger partial charge on any atom is -0.384 e. The zero-order valence-corrected chi connectivity index (χ0v) is 17.2. The van der Waals surface area contributed by atoms with Crippen LogP contribution in [0.4, 0.5) is 0 Å². The van der Waals surface area contributed by atoms with Crippen LogP contribution in [0.1, 0.15) is 61.7 Å². The van der Waals surface area contributed by atoms with Crippen LogP contribution >= 0.6 is 0 Å². The summed E-state index contributed by atoms with van der Waals surface area (Å²) >= 11 is 0. The molecule has 3 aromatic rings. The fraction of sp³-hybridized carbons (Fsp3) is 0.292. The summed E-state index contributed by atoms with van der Waals surface area (Å²) in [6.07, 6.45) is 1.56. The first-order valence-electron chi connectivity index (χ1n) is 9.73. The molecule has 2 aromatic carbocycles. The molecule has 0 saturated heterocycles. The van der Waals surface area contributed by atoms with E-state index < -0.39 is 5.60 Å². The molecular formula is C24H25N3O2. The van der Waals surface area contributed by atoms with Gasteiger partial charge in [0.15, 0.2) is 5.78 Å². The van der Waals surface area contributed by atoms with Crippen LogP contribution in [0.5, 0.6) is 0 Å². The molecule has 148 valence electrons. The normalized spacial score (nSPS) is 11.3. The van der Waals surface area contributed by atoms with E-state index in [0.29, 0.717) is 23.4 Å². The summed E-state index contributed by atoms with van der Waals surface area (Å²) in [5.74, 6) is 0.607. The van der Waals surface area contributed by atoms with E-state index in [-0.39, 0.29) is 5.78 Å². The number of benzene rings is 2. The number of rotatable bonds is 6. The van der Waals surface area contributed by atoms with Gasteiger partial charge in [-0.25, -0.2) is 4.98 Å². The quantitative estimate of drug-likeness (QED) is 0.617. The van der Waals surface area contributed by atoms with Gasteiger partial charge in [-0.05, 0) is 49.6 Å². The van der Waals surface area contributed by atoms with Crippen LogP contribution in [-0.4, -0.2) is 20.4 Å². The summed E-state index contributed by atoms with van der Waals surface area (Å²) in [6.45, 7) is 6.83. The summed E-state index contributed by atoms with van der Waals surface area (Å²) in [4.78, 5) is 17.1. The standard InChI is InChI=1S/C24H25N3O2/c1-5-8-21-26-23(24(3,4)29)22(16(2)28)27(21)19-13-11-17(12-14-19)20-10-7-6-9-18(20)15-25/h6-7,9-14,29H,5,8H2,1-4H3. The first kappa shape index (κ1) is 20.5. The van der Waals surface area contributed by atoms with Gasteiger partial charge in [-0.15, -0.1) is 0 Å². The number of aryl methyl sites for hydroxylation is 1. The number of nitriles is 1. The third kappa shape index (κ3) is 3.98. The van der Waals surface area contributed by atoms with Crippen LogP contribution in [0.25, 0.3) is 16.8 Å². The van der Waals surface area contributed by atoms with Gasteiger partial charge in [-0.1, -0.05) is 37.3 Å². The van der Waals surface area contributed by atoms with E-state index in [2.05, 4.69) is 18.0 Å². The minimum atomic E-state index is -1.22. The van der Waals surface area contributed by atoms with Crippen molar-refractivity contribution in [2.45, 2.75) is 46.1 Å². The summed E-state index contributed by atoms with van der Waals surface area (Å²) in [5.41, 5.74) is 2.79. The Labute approximate surface area is 171 Å². The zero-order chi connectivity index (χ0) is 21.2. The van der Waals surface area contributed by atoms with Gasteiger partial charge in [-0.3, -0.25) is 9.36 Å². The van der Waals surface area contributed by atoms with Gasteiger partial charge in [0.1, 0.15) is 22.8 Å². The van der Waals surface area contributed by atoms with Crippen molar-refractivity contribution in [3.05, 3.63) is 71.3 Å². The molecule has 5 heteroatoms. The molecule has 0 spiro atoms. The van der Waals surface area contributed by atoms with E-state index in [1.54, 1.807) is 19.9 Å². The Kier molecular flexibility index (Phi) is 5.67. The maximum Gasteiger partial charge on any atom is 0.178 e. The van der Waals surface area contributed by atoms with Crippen LogP contribution < -0.4 is 0 Å². The van der Waals surface area contributed by atoms with Gasteiger partial charge in [0.25, 0.3) is 0 Å². The second kappa shape index (κ2) is 8.02. The minimum absolute atomic E-state index is 0.143. The fourth-order valence-corrected chi connectivity index (χ4v) is 3.51. The van der Waals surface area contributed by atoms with Gasteiger partial charge < -0.3 is 5.11 Å². The maximum absolute atomic E-state index is 12.5. The van der Waals surface area contributed by atoms with Crippen LogP contribution in [0, 0.1) is 11.3 Å². The van der Waals surface area contributed by atoms with Crippen molar-refractivity contribution in [3.8, 4) is 22.9 Å². The second-order valence-corrected chi connectivity index (χ2v) is 7.63. The molecule has 0 aliphatic rings. The van der Waals surface area contributed by atoms with E-state index in [9.17, 15) is 15.2 Å². The molecule has 0 bridgehead atoms. The number of hydrogen-bond donors (Lipinski definition) is 1. The van der Waals surface area contributed by atoms with Gasteiger partial charge in [0.05, 0.1) is 11.6 Å². The third-order valence-electron chi connectivity index (χ3n) is 4.82. The molecule has 0 aliphatic heterocycles. The highest BCUT2D eigenvalue weighted by atomic mass is 16.3.